The summed E-state index contributed by atoms with van der Waals surface area (Å²) >= 11 is 8.83. The van der Waals surface area contributed by atoms with Crippen LogP contribution in [0.2, 0.25) is 0 Å². The van der Waals surface area contributed by atoms with E-state index >= 15 is 0 Å². The van der Waals surface area contributed by atoms with Crippen molar-refractivity contribution < 1.29 is 9.50 Å². The Morgan fingerprint density at radius 2 is 2.32 bits per heavy atom. The maximum atomic E-state index is 13.3. The first-order valence-corrected chi connectivity index (χ1v) is 6.91. The monoisotopic (exact) mass is 347 g/mol. The lowest BCUT2D eigenvalue weighted by Crippen LogP contribution is -2.21. The number of aromatic nitrogens is 2. The van der Waals surface area contributed by atoms with Gasteiger partial charge in [-0.25, -0.2) is 9.07 Å². The Morgan fingerprint density at radius 1 is 1.53 bits per heavy atom. The Morgan fingerprint density at radius 3 is 2.95 bits per heavy atom. The first-order valence-electron chi connectivity index (χ1n) is 5.58. The second kappa shape index (κ2) is 6.36. The van der Waals surface area contributed by atoms with Crippen LogP contribution in [0.1, 0.15) is 0 Å². The fourth-order valence-corrected chi connectivity index (χ4v) is 1.96. The third kappa shape index (κ3) is 3.68. The lowest BCUT2D eigenvalue weighted by molar-refractivity contribution is 0.211. The second-order valence-electron chi connectivity index (χ2n) is 3.95. The van der Waals surface area contributed by atoms with Crippen molar-refractivity contribution in [3.63, 3.8) is 0 Å². The number of nitrogens with zero attached hydrogens (tertiary/aromatic N) is 2. The molecule has 1 aromatic carbocycles. The van der Waals surface area contributed by atoms with Gasteiger partial charge < -0.3 is 10.4 Å². The normalized spacial score (nSPS) is 12.4. The Labute approximate surface area is 123 Å². The summed E-state index contributed by atoms with van der Waals surface area (Å²) in [6.07, 6.45) is 2.71. The lowest BCUT2D eigenvalue weighted by atomic mass is 10.2. The van der Waals surface area contributed by atoms with Gasteiger partial charge in [0, 0.05) is 12.7 Å². The number of alkyl halides is 1. The van der Waals surface area contributed by atoms with Gasteiger partial charge >= 0.3 is 0 Å². The van der Waals surface area contributed by atoms with E-state index in [0.29, 0.717) is 11.4 Å². The zero-order valence-electron chi connectivity index (χ0n) is 9.85. The van der Waals surface area contributed by atoms with E-state index < -0.39 is 6.10 Å². The Balaban J connectivity index is 2.27. The van der Waals surface area contributed by atoms with Crippen molar-refractivity contribution in [1.29, 1.82) is 0 Å². The van der Waals surface area contributed by atoms with Gasteiger partial charge in [-0.1, -0.05) is 0 Å². The quantitative estimate of drug-likeness (QED) is 0.817. The molecule has 1 atom stereocenters. The number of benzene rings is 1. The number of nitrogens with one attached hydrogen (secondary N) is 1. The van der Waals surface area contributed by atoms with E-state index in [-0.39, 0.29) is 18.2 Å². The van der Waals surface area contributed by atoms with Crippen LogP contribution in [0.25, 0.3) is 5.69 Å². The minimum atomic E-state index is -0.692. The second-order valence-corrected chi connectivity index (χ2v) is 5.18. The van der Waals surface area contributed by atoms with Gasteiger partial charge in [0.2, 0.25) is 0 Å². The molecule has 1 unspecified atom stereocenters. The summed E-state index contributed by atoms with van der Waals surface area (Å²) in [6.45, 7) is 0.238. The molecule has 19 heavy (non-hydrogen) atoms. The van der Waals surface area contributed by atoms with Crippen molar-refractivity contribution in [3.8, 4) is 5.69 Å². The van der Waals surface area contributed by atoms with Crippen LogP contribution >= 0.6 is 27.5 Å². The van der Waals surface area contributed by atoms with E-state index in [1.54, 1.807) is 23.1 Å². The Kier molecular flexibility index (Phi) is 4.79. The summed E-state index contributed by atoms with van der Waals surface area (Å²) in [7, 11) is 0. The molecule has 0 aliphatic heterocycles. The Bertz CT molecular complexity index is 564. The minimum Gasteiger partial charge on any atom is -0.390 e. The molecule has 7 heteroatoms. The largest absolute Gasteiger partial charge is 0.390 e. The van der Waals surface area contributed by atoms with Crippen LogP contribution in [-0.2, 0) is 0 Å². The third-order valence-corrected chi connectivity index (χ3v) is 3.23. The van der Waals surface area contributed by atoms with Gasteiger partial charge in [0.25, 0.3) is 0 Å². The van der Waals surface area contributed by atoms with Gasteiger partial charge in [-0.05, 0) is 34.1 Å². The molecule has 0 bridgehead atoms. The van der Waals surface area contributed by atoms with Gasteiger partial charge in [0.1, 0.15) is 5.82 Å². The molecule has 0 saturated carbocycles. The molecule has 1 heterocycles. The van der Waals surface area contributed by atoms with Gasteiger partial charge in [-0.15, -0.1) is 11.6 Å². The maximum Gasteiger partial charge on any atom is 0.125 e. The van der Waals surface area contributed by atoms with E-state index in [1.165, 1.54) is 12.1 Å². The molecule has 0 spiro atoms. The van der Waals surface area contributed by atoms with Gasteiger partial charge in [-0.3, -0.25) is 0 Å². The van der Waals surface area contributed by atoms with Gasteiger partial charge in [0.05, 0.1) is 34.0 Å². The summed E-state index contributed by atoms with van der Waals surface area (Å²) in [4.78, 5) is 0. The molecule has 4 nitrogen and oxygen atoms in total. The lowest BCUT2D eigenvalue weighted by Gasteiger charge is -2.14. The van der Waals surface area contributed by atoms with Crippen molar-refractivity contribution in [1.82, 2.24) is 9.78 Å². The van der Waals surface area contributed by atoms with Crippen LogP contribution in [0.5, 0.6) is 0 Å². The highest BCUT2D eigenvalue weighted by atomic mass is 79.9. The van der Waals surface area contributed by atoms with Gasteiger partial charge in [-0.2, -0.15) is 5.10 Å². The fraction of sp³-hybridized carbons (Fsp3) is 0.250. The number of aliphatic hydroxyl groups is 1. The summed E-state index contributed by atoms with van der Waals surface area (Å²) in [5.74, 6) is -0.247. The molecule has 0 saturated heterocycles. The number of hydrogen-bond acceptors (Lipinski definition) is 3. The summed E-state index contributed by atoms with van der Waals surface area (Å²) in [6, 6.07) is 4.32. The van der Waals surface area contributed by atoms with Crippen molar-refractivity contribution >= 4 is 33.2 Å². The summed E-state index contributed by atoms with van der Waals surface area (Å²) in [5.41, 5.74) is 1.23. The van der Waals surface area contributed by atoms with Crippen molar-refractivity contribution in [2.24, 2.45) is 0 Å². The van der Waals surface area contributed by atoms with Crippen LogP contribution in [0, 0.1) is 5.82 Å². The standard InChI is InChI=1S/C12H12BrClFN3O/c13-8-5-17-18(7-8)12-2-1-9(15)3-11(12)16-6-10(19)4-14/h1-3,5,7,10,16,19H,4,6H2. The first kappa shape index (κ1) is 14.3. The van der Waals surface area contributed by atoms with E-state index in [9.17, 15) is 9.50 Å². The predicted molar refractivity (Wildman–Crippen MR) is 76.4 cm³/mol. The number of halogens is 3. The number of rotatable bonds is 5. The van der Waals surface area contributed by atoms with Crippen LogP contribution < -0.4 is 5.32 Å². The SMILES string of the molecule is OC(CCl)CNc1cc(F)ccc1-n1cc(Br)cn1. The number of aliphatic hydroxyl groups excluding tert-OH is 1. The van der Waals surface area contributed by atoms with Crippen molar-refractivity contribution in [2.45, 2.75) is 6.10 Å². The molecule has 0 aliphatic rings. The molecular formula is C12H12BrClFN3O. The molecule has 0 radical (unpaired) electrons. The van der Waals surface area contributed by atoms with E-state index in [0.717, 1.165) is 4.47 Å². The topological polar surface area (TPSA) is 50.1 Å². The zero-order chi connectivity index (χ0) is 13.8. The molecule has 0 amide bonds. The van der Waals surface area contributed by atoms with Crippen molar-refractivity contribution in [3.05, 3.63) is 40.9 Å². The van der Waals surface area contributed by atoms with Gasteiger partial charge in [0.15, 0.2) is 0 Å². The molecule has 0 fully saturated rings. The average molecular weight is 349 g/mol. The molecule has 2 aromatic rings. The predicted octanol–water partition coefficient (Wildman–Crippen LogP) is 2.79. The Hall–Kier alpha value is -1.11. The van der Waals surface area contributed by atoms with E-state index in [1.807, 2.05) is 0 Å². The van der Waals surface area contributed by atoms with Crippen LogP contribution in [0.3, 0.4) is 0 Å². The highest BCUT2D eigenvalue weighted by molar-refractivity contribution is 9.10. The summed E-state index contributed by atoms with van der Waals surface area (Å²) in [5, 5.41) is 16.5. The van der Waals surface area contributed by atoms with Crippen LogP contribution in [0.4, 0.5) is 10.1 Å². The highest BCUT2D eigenvalue weighted by Crippen LogP contribution is 2.22. The molecule has 0 aliphatic carbocycles. The molecule has 2 rings (SSSR count). The maximum absolute atomic E-state index is 13.3. The van der Waals surface area contributed by atoms with Crippen LogP contribution in [-0.4, -0.2) is 33.4 Å². The first-order chi connectivity index (χ1) is 9.10. The number of anilines is 1. The smallest absolute Gasteiger partial charge is 0.125 e. The third-order valence-electron chi connectivity index (χ3n) is 2.46. The van der Waals surface area contributed by atoms with E-state index in [4.69, 9.17) is 11.6 Å². The number of hydrogen-bond donors (Lipinski definition) is 2. The summed E-state index contributed by atoms with van der Waals surface area (Å²) < 4.78 is 15.7. The molecule has 1 aromatic heterocycles. The average Bonchev–Trinajstić information content (AvgIpc) is 2.82. The minimum absolute atomic E-state index is 0.116. The zero-order valence-corrected chi connectivity index (χ0v) is 12.2. The van der Waals surface area contributed by atoms with Crippen molar-refractivity contribution in [2.75, 3.05) is 17.7 Å². The molecular weight excluding hydrogens is 337 g/mol. The van der Waals surface area contributed by atoms with Crippen LogP contribution in [0.15, 0.2) is 35.1 Å². The van der Waals surface area contributed by atoms with E-state index in [2.05, 4.69) is 26.3 Å². The fourth-order valence-electron chi connectivity index (χ4n) is 1.56. The highest BCUT2D eigenvalue weighted by Gasteiger charge is 2.09. The molecule has 2 N–H and O–H groups in total. The molecule has 102 valence electrons.